The zero-order valence-corrected chi connectivity index (χ0v) is 5.93. The first-order valence-electron chi connectivity index (χ1n) is 3.40. The third kappa shape index (κ3) is 1.41. The molecule has 1 aliphatic carbocycles. The van der Waals surface area contributed by atoms with Gasteiger partial charge in [-0.2, -0.15) is 0 Å². The summed E-state index contributed by atoms with van der Waals surface area (Å²) in [7, 11) is 0. The zero-order valence-electron chi connectivity index (χ0n) is 5.93. The van der Waals surface area contributed by atoms with E-state index >= 15 is 0 Å². The van der Waals surface area contributed by atoms with Crippen LogP contribution in [0.4, 0.5) is 0 Å². The summed E-state index contributed by atoms with van der Waals surface area (Å²) in [5.41, 5.74) is 0.148. The normalized spacial score (nSPS) is 34.3. The van der Waals surface area contributed by atoms with Crippen LogP contribution >= 0.6 is 0 Å². The second-order valence-electron chi connectivity index (χ2n) is 2.87. The molecule has 0 bridgehead atoms. The molecule has 1 rings (SSSR count). The van der Waals surface area contributed by atoms with E-state index in [0.29, 0.717) is 0 Å². The van der Waals surface area contributed by atoms with Gasteiger partial charge in [0.05, 0.1) is 5.54 Å². The predicted octanol–water partition coefficient (Wildman–Crippen LogP) is 2.19. The largest absolute Gasteiger partial charge is 0.294 e. The Hall–Kier alpha value is -0.590. The molecule has 0 aromatic rings. The summed E-state index contributed by atoms with van der Waals surface area (Å²) in [5.74, 6) is 0. The average Bonchev–Trinajstić information content (AvgIpc) is 1.90. The van der Waals surface area contributed by atoms with Crippen molar-refractivity contribution in [3.8, 4) is 0 Å². The van der Waals surface area contributed by atoms with Crippen LogP contribution in [0, 0.1) is 0 Å². The van der Waals surface area contributed by atoms with E-state index in [-0.39, 0.29) is 5.54 Å². The van der Waals surface area contributed by atoms with Crippen molar-refractivity contribution in [1.29, 1.82) is 0 Å². The number of nitrogens with zero attached hydrogens (tertiary/aromatic N) is 1. The van der Waals surface area contributed by atoms with E-state index in [1.165, 1.54) is 0 Å². The Bertz CT molecular complexity index is 138. The monoisotopic (exact) mass is 123 g/mol. The fourth-order valence-corrected chi connectivity index (χ4v) is 1.10. The second-order valence-corrected chi connectivity index (χ2v) is 2.87. The minimum atomic E-state index is 0.148. The van der Waals surface area contributed by atoms with Crippen LogP contribution in [0.1, 0.15) is 26.2 Å². The molecule has 0 aromatic carbocycles. The van der Waals surface area contributed by atoms with Crippen LogP contribution in [0.5, 0.6) is 0 Å². The summed E-state index contributed by atoms with van der Waals surface area (Å²) < 4.78 is 0. The van der Waals surface area contributed by atoms with Gasteiger partial charge in [-0.25, -0.2) is 0 Å². The van der Waals surface area contributed by atoms with Gasteiger partial charge in [0.15, 0.2) is 0 Å². The quantitative estimate of drug-likeness (QED) is 0.374. The molecule has 0 fully saturated rings. The van der Waals surface area contributed by atoms with Gasteiger partial charge in [-0.15, -0.1) is 0 Å². The van der Waals surface area contributed by atoms with Gasteiger partial charge in [-0.3, -0.25) is 4.99 Å². The van der Waals surface area contributed by atoms with Crippen molar-refractivity contribution in [3.05, 3.63) is 12.2 Å². The van der Waals surface area contributed by atoms with Crippen molar-refractivity contribution in [2.75, 3.05) is 0 Å². The summed E-state index contributed by atoms with van der Waals surface area (Å²) in [6.07, 6.45) is 7.80. The molecule has 0 radical (unpaired) electrons. The van der Waals surface area contributed by atoms with E-state index in [1.54, 1.807) is 0 Å². The zero-order chi connectivity index (χ0) is 6.74. The Balaban J connectivity index is 2.60. The minimum Gasteiger partial charge on any atom is -0.294 e. The van der Waals surface area contributed by atoms with Crippen molar-refractivity contribution in [1.82, 2.24) is 0 Å². The molecule has 1 heteroatoms. The maximum atomic E-state index is 4.08. The Morgan fingerprint density at radius 3 is 2.67 bits per heavy atom. The minimum absolute atomic E-state index is 0.148. The Morgan fingerprint density at radius 1 is 1.56 bits per heavy atom. The highest BCUT2D eigenvalue weighted by molar-refractivity contribution is 5.26. The van der Waals surface area contributed by atoms with Gasteiger partial charge in [0.1, 0.15) is 0 Å². The molecule has 0 spiro atoms. The first kappa shape index (κ1) is 6.53. The first-order chi connectivity index (χ1) is 4.27. The highest BCUT2D eigenvalue weighted by Gasteiger charge is 2.20. The smallest absolute Gasteiger partial charge is 0.0610 e. The molecule has 0 aromatic heterocycles. The molecule has 0 N–H and O–H groups in total. The molecule has 1 atom stereocenters. The van der Waals surface area contributed by atoms with Gasteiger partial charge in [0.25, 0.3) is 0 Å². The molecule has 0 saturated carbocycles. The number of allylic oxidation sites excluding steroid dienone is 1. The molecule has 0 saturated heterocycles. The van der Waals surface area contributed by atoms with Crippen molar-refractivity contribution >= 4 is 6.72 Å². The van der Waals surface area contributed by atoms with Gasteiger partial charge < -0.3 is 0 Å². The Morgan fingerprint density at radius 2 is 2.33 bits per heavy atom. The summed E-state index contributed by atoms with van der Waals surface area (Å²) in [5, 5.41) is 0. The summed E-state index contributed by atoms with van der Waals surface area (Å²) in [6.45, 7) is 5.73. The van der Waals surface area contributed by atoms with Crippen molar-refractivity contribution in [3.63, 3.8) is 0 Å². The SMILES string of the molecule is C=NC1(C)CC=CCC1. The maximum absolute atomic E-state index is 4.08. The number of rotatable bonds is 1. The van der Waals surface area contributed by atoms with E-state index in [1.807, 2.05) is 0 Å². The molecule has 0 amide bonds. The standard InChI is InChI=1S/C8H13N/c1-8(9-2)6-4-3-5-7-8/h3-4H,2,5-7H2,1H3. The molecule has 1 unspecified atom stereocenters. The highest BCUT2D eigenvalue weighted by Crippen LogP contribution is 2.25. The number of hydrogen-bond donors (Lipinski definition) is 0. The van der Waals surface area contributed by atoms with Crippen molar-refractivity contribution < 1.29 is 0 Å². The van der Waals surface area contributed by atoms with Gasteiger partial charge in [-0.05, 0) is 32.9 Å². The van der Waals surface area contributed by atoms with Crippen molar-refractivity contribution in [2.45, 2.75) is 31.7 Å². The van der Waals surface area contributed by atoms with Gasteiger partial charge >= 0.3 is 0 Å². The number of aliphatic imine (C=N–C) groups is 1. The van der Waals surface area contributed by atoms with Crippen LogP contribution in [-0.2, 0) is 0 Å². The molecule has 0 heterocycles. The maximum Gasteiger partial charge on any atom is 0.0610 e. The van der Waals surface area contributed by atoms with Crippen LogP contribution in [0.15, 0.2) is 17.1 Å². The van der Waals surface area contributed by atoms with Crippen LogP contribution in [0.3, 0.4) is 0 Å². The lowest BCUT2D eigenvalue weighted by atomic mass is 9.89. The fourth-order valence-electron chi connectivity index (χ4n) is 1.10. The van der Waals surface area contributed by atoms with Gasteiger partial charge in [0, 0.05) is 0 Å². The predicted molar refractivity (Wildman–Crippen MR) is 40.9 cm³/mol. The molecule has 0 aliphatic heterocycles. The van der Waals surface area contributed by atoms with Gasteiger partial charge in [-0.1, -0.05) is 12.2 Å². The molecule has 50 valence electrons. The lowest BCUT2D eigenvalue weighted by molar-refractivity contribution is 0.433. The molecular weight excluding hydrogens is 110 g/mol. The van der Waals surface area contributed by atoms with Crippen LogP contribution in [0.25, 0.3) is 0 Å². The van der Waals surface area contributed by atoms with E-state index in [2.05, 4.69) is 30.8 Å². The van der Waals surface area contributed by atoms with E-state index < -0.39 is 0 Å². The van der Waals surface area contributed by atoms with E-state index in [4.69, 9.17) is 0 Å². The average molecular weight is 123 g/mol. The molecule has 1 aliphatic rings. The van der Waals surface area contributed by atoms with E-state index in [9.17, 15) is 0 Å². The molecule has 9 heavy (non-hydrogen) atoms. The highest BCUT2D eigenvalue weighted by atomic mass is 14.8. The topological polar surface area (TPSA) is 12.4 Å². The molecular formula is C8H13N. The second kappa shape index (κ2) is 2.34. The fraction of sp³-hybridized carbons (Fsp3) is 0.625. The third-order valence-electron chi connectivity index (χ3n) is 1.96. The van der Waals surface area contributed by atoms with Crippen LogP contribution in [0.2, 0.25) is 0 Å². The Labute approximate surface area is 56.5 Å². The number of hydrogen-bond acceptors (Lipinski definition) is 1. The van der Waals surface area contributed by atoms with E-state index in [0.717, 1.165) is 19.3 Å². The van der Waals surface area contributed by atoms with Crippen LogP contribution in [-0.4, -0.2) is 12.3 Å². The first-order valence-corrected chi connectivity index (χ1v) is 3.40. The van der Waals surface area contributed by atoms with Gasteiger partial charge in [0.2, 0.25) is 0 Å². The Kier molecular flexibility index (Phi) is 1.70. The summed E-state index contributed by atoms with van der Waals surface area (Å²) >= 11 is 0. The summed E-state index contributed by atoms with van der Waals surface area (Å²) in [4.78, 5) is 4.08. The lowest BCUT2D eigenvalue weighted by Gasteiger charge is -2.25. The molecule has 1 nitrogen and oxygen atoms in total. The summed E-state index contributed by atoms with van der Waals surface area (Å²) in [6, 6.07) is 0. The van der Waals surface area contributed by atoms with Crippen LogP contribution < -0.4 is 0 Å². The van der Waals surface area contributed by atoms with Crippen molar-refractivity contribution in [2.24, 2.45) is 4.99 Å². The third-order valence-corrected chi connectivity index (χ3v) is 1.96. The lowest BCUT2D eigenvalue weighted by Crippen LogP contribution is -2.21.